The van der Waals surface area contributed by atoms with Crippen molar-refractivity contribution >= 4 is 29.0 Å². The summed E-state index contributed by atoms with van der Waals surface area (Å²) in [4.78, 5) is 34.6. The summed E-state index contributed by atoms with van der Waals surface area (Å²) < 4.78 is 17.3. The van der Waals surface area contributed by atoms with Crippen LogP contribution in [0.3, 0.4) is 0 Å². The summed E-state index contributed by atoms with van der Waals surface area (Å²) in [5.41, 5.74) is 13.4. The van der Waals surface area contributed by atoms with E-state index in [1.165, 1.54) is 4.90 Å². The summed E-state index contributed by atoms with van der Waals surface area (Å²) in [6, 6.07) is 24.3. The Labute approximate surface area is 339 Å². The van der Waals surface area contributed by atoms with Crippen LogP contribution in [0.5, 0.6) is 17.4 Å². The van der Waals surface area contributed by atoms with Gasteiger partial charge in [-0.3, -0.25) is 9.59 Å². The Bertz CT molecular complexity index is 2360. The number of carbonyl (C=O) groups excluding carboxylic acids is 2. The number of nitrogens with one attached hydrogen (secondary N) is 1. The van der Waals surface area contributed by atoms with E-state index in [1.807, 2.05) is 75.7 Å². The Balaban J connectivity index is 0.931. The smallest absolute Gasteiger partial charge is 0.254 e. The Morgan fingerprint density at radius 3 is 2.40 bits per heavy atom. The highest BCUT2D eigenvalue weighted by atomic mass is 32.1. The molecule has 15 heteroatoms. The van der Waals surface area contributed by atoms with Crippen molar-refractivity contribution in [2.24, 2.45) is 5.92 Å². The number of aromatic nitrogens is 4. The third kappa shape index (κ3) is 8.80. The lowest BCUT2D eigenvalue weighted by molar-refractivity contribution is -0.141. The number of aromatic hydroxyl groups is 1. The lowest BCUT2D eigenvalue weighted by atomic mass is 9.91. The number of ether oxygens (including phenoxy) is 2. The second-order valence-corrected chi connectivity index (χ2v) is 15.4. The molecule has 300 valence electrons. The number of nitrogens with zero attached hydrogens (tertiary/aromatic N) is 5. The third-order valence-corrected chi connectivity index (χ3v) is 11.1. The van der Waals surface area contributed by atoms with Crippen LogP contribution in [-0.4, -0.2) is 79.2 Å². The van der Waals surface area contributed by atoms with Crippen LogP contribution in [0.15, 0.2) is 95.0 Å². The summed E-state index contributed by atoms with van der Waals surface area (Å²) in [7, 11) is 0. The molecule has 0 saturated carbocycles. The van der Waals surface area contributed by atoms with Gasteiger partial charge in [0.15, 0.2) is 11.6 Å². The number of aryl methyl sites for hydroxylation is 1. The van der Waals surface area contributed by atoms with Crippen molar-refractivity contribution in [3.8, 4) is 50.2 Å². The molecule has 1 saturated heterocycles. The normalized spacial score (nSPS) is 16.3. The van der Waals surface area contributed by atoms with Crippen LogP contribution in [0.2, 0.25) is 0 Å². The van der Waals surface area contributed by atoms with E-state index in [1.54, 1.807) is 53.8 Å². The number of nitrogen functional groups attached to an aromatic ring is 1. The van der Waals surface area contributed by atoms with Gasteiger partial charge in [0, 0.05) is 30.2 Å². The van der Waals surface area contributed by atoms with Crippen LogP contribution in [0, 0.1) is 12.8 Å². The topological polar surface area (TPSA) is 199 Å². The molecule has 4 heterocycles. The Hall–Kier alpha value is -6.32. The number of phenols is 1. The molecule has 1 fully saturated rings. The van der Waals surface area contributed by atoms with Gasteiger partial charge >= 0.3 is 0 Å². The van der Waals surface area contributed by atoms with Gasteiger partial charge in [-0.05, 0) is 71.9 Å². The number of likely N-dealkylation sites (tertiary alicyclic amines) is 1. The SMILES string of the molecule is Cc1ncsc1-c1ccc(C(C)NC(=O)[C@@H]2C[C@@H](O)CN2C(=O)C(c2cc(OCCOc3ccc(-c4cc(-c5ccccc5O)nnc4N)cc3)no2)C(C)C)cc1. The zero-order valence-electron chi connectivity index (χ0n) is 32.5. The Morgan fingerprint density at radius 1 is 0.966 bits per heavy atom. The highest BCUT2D eigenvalue weighted by Gasteiger charge is 2.43. The molecule has 58 heavy (non-hydrogen) atoms. The van der Waals surface area contributed by atoms with Gasteiger partial charge in [0.05, 0.1) is 33.9 Å². The number of hydrogen-bond acceptors (Lipinski definition) is 13. The maximum Gasteiger partial charge on any atom is 0.254 e. The monoisotopic (exact) mass is 803 g/mol. The van der Waals surface area contributed by atoms with Gasteiger partial charge < -0.3 is 40.2 Å². The molecule has 3 aromatic heterocycles. The number of benzene rings is 3. The molecule has 5 N–H and O–H groups in total. The van der Waals surface area contributed by atoms with E-state index in [2.05, 4.69) is 25.7 Å². The maximum atomic E-state index is 14.1. The van der Waals surface area contributed by atoms with Crippen molar-refractivity contribution in [1.29, 1.82) is 0 Å². The first-order valence-electron chi connectivity index (χ1n) is 19.0. The number of hydrogen-bond donors (Lipinski definition) is 4. The first-order chi connectivity index (χ1) is 28.0. The molecule has 4 atom stereocenters. The molecule has 0 spiro atoms. The predicted octanol–water partition coefficient (Wildman–Crippen LogP) is 6.55. The molecule has 14 nitrogen and oxygen atoms in total. The fourth-order valence-electron chi connectivity index (χ4n) is 7.09. The average molecular weight is 804 g/mol. The summed E-state index contributed by atoms with van der Waals surface area (Å²) >= 11 is 1.58. The number of β-amino-alcohol motifs (C(OH)–C–C–N with tert-alkyl or cyclic N) is 1. The van der Waals surface area contributed by atoms with E-state index >= 15 is 0 Å². The standard InChI is InChI=1S/C43H45N7O7S/c1-24(2)39(43(54)50-22-30(51)19-35(50)42(53)46-25(3)27-9-11-29(12-10-27)40-26(4)45-23-58-40)37-21-38(49-57-37)56-18-17-55-31-15-13-28(14-16-31)33-20-34(47-48-41(33)44)32-7-5-6-8-36(32)52/h5-16,20-21,23-25,30,35,39,51-52H,17-19,22H2,1-4H3,(H2,44,48)(H,46,53)/t25?,30-,35+,39?/m1/s1. The van der Waals surface area contributed by atoms with Crippen LogP contribution in [0.4, 0.5) is 5.82 Å². The van der Waals surface area contributed by atoms with E-state index in [-0.39, 0.29) is 67.4 Å². The molecule has 2 amide bonds. The maximum absolute atomic E-state index is 14.1. The molecule has 2 unspecified atom stereocenters. The van der Waals surface area contributed by atoms with Crippen molar-refractivity contribution in [2.45, 2.75) is 58.2 Å². The number of para-hydroxylation sites is 1. The highest BCUT2D eigenvalue weighted by Crippen LogP contribution is 2.35. The van der Waals surface area contributed by atoms with Gasteiger partial charge in [0.25, 0.3) is 5.88 Å². The molecular weight excluding hydrogens is 759 g/mol. The number of aliphatic hydroxyl groups is 1. The molecule has 6 aromatic rings. The van der Waals surface area contributed by atoms with Gasteiger partial charge in [-0.25, -0.2) is 4.98 Å². The first kappa shape index (κ1) is 39.9. The van der Waals surface area contributed by atoms with Crippen LogP contribution < -0.4 is 20.5 Å². The highest BCUT2D eigenvalue weighted by molar-refractivity contribution is 7.13. The Morgan fingerprint density at radius 2 is 1.69 bits per heavy atom. The summed E-state index contributed by atoms with van der Waals surface area (Å²) in [6.07, 6.45) is -0.717. The third-order valence-electron chi connectivity index (χ3n) is 10.2. The molecule has 1 aliphatic rings. The molecule has 1 aliphatic heterocycles. The fraction of sp³-hybridized carbons (Fsp3) is 0.302. The molecule has 3 aromatic carbocycles. The summed E-state index contributed by atoms with van der Waals surface area (Å²) in [5, 5.41) is 36.2. The predicted molar refractivity (Wildman–Crippen MR) is 219 cm³/mol. The first-order valence-corrected chi connectivity index (χ1v) is 19.9. The van der Waals surface area contributed by atoms with Crippen LogP contribution in [0.25, 0.3) is 32.8 Å². The van der Waals surface area contributed by atoms with Gasteiger partial charge in [-0.1, -0.05) is 62.4 Å². The van der Waals surface area contributed by atoms with Crippen LogP contribution in [-0.2, 0) is 9.59 Å². The minimum Gasteiger partial charge on any atom is -0.507 e. The number of carbonyl (C=O) groups is 2. The van der Waals surface area contributed by atoms with Crippen LogP contribution in [0.1, 0.15) is 56.2 Å². The number of anilines is 1. The number of nitrogens with two attached hydrogens (primary N) is 1. The number of aliphatic hydroxyl groups excluding tert-OH is 1. The molecule has 7 rings (SSSR count). The van der Waals surface area contributed by atoms with Gasteiger partial charge in [0.2, 0.25) is 11.8 Å². The van der Waals surface area contributed by atoms with E-state index in [4.69, 9.17) is 19.7 Å². The lowest BCUT2D eigenvalue weighted by Gasteiger charge is -2.29. The van der Waals surface area contributed by atoms with E-state index < -0.39 is 18.1 Å². The van der Waals surface area contributed by atoms with E-state index in [9.17, 15) is 19.8 Å². The van der Waals surface area contributed by atoms with Crippen molar-refractivity contribution in [3.05, 3.63) is 107 Å². The Kier molecular flexibility index (Phi) is 12.0. The molecule has 0 bridgehead atoms. The zero-order chi connectivity index (χ0) is 40.9. The van der Waals surface area contributed by atoms with Gasteiger partial charge in [0.1, 0.15) is 36.7 Å². The molecule has 0 radical (unpaired) electrons. The molecule has 0 aliphatic carbocycles. The van der Waals surface area contributed by atoms with E-state index in [0.717, 1.165) is 27.3 Å². The summed E-state index contributed by atoms with van der Waals surface area (Å²) in [6.45, 7) is 8.01. The number of phenolic OH excluding ortho intramolecular Hbond substituents is 1. The quantitative estimate of drug-likeness (QED) is 0.0867. The second-order valence-electron chi connectivity index (χ2n) is 14.6. The molecular formula is C43H45N7O7S. The van der Waals surface area contributed by atoms with E-state index in [0.29, 0.717) is 28.3 Å². The average Bonchev–Trinajstić information content (AvgIpc) is 3.97. The number of amides is 2. The van der Waals surface area contributed by atoms with Crippen LogP contribution >= 0.6 is 11.3 Å². The lowest BCUT2D eigenvalue weighted by Crippen LogP contribution is -2.48. The second kappa shape index (κ2) is 17.4. The van der Waals surface area contributed by atoms with Gasteiger partial charge in [-0.2, -0.15) is 0 Å². The van der Waals surface area contributed by atoms with Crippen molar-refractivity contribution in [3.63, 3.8) is 0 Å². The summed E-state index contributed by atoms with van der Waals surface area (Å²) in [5.74, 6) is -0.215. The zero-order valence-corrected chi connectivity index (χ0v) is 33.3. The largest absolute Gasteiger partial charge is 0.507 e. The minimum absolute atomic E-state index is 0.0271. The van der Waals surface area contributed by atoms with Gasteiger partial charge in [-0.15, -0.1) is 21.5 Å². The minimum atomic E-state index is -0.852. The fourth-order valence-corrected chi connectivity index (χ4v) is 7.90. The van der Waals surface area contributed by atoms with Crippen molar-refractivity contribution in [1.82, 2.24) is 30.6 Å². The van der Waals surface area contributed by atoms with Crippen molar-refractivity contribution < 1.29 is 33.8 Å². The number of thiazole rings is 1. The number of rotatable bonds is 14. The van der Waals surface area contributed by atoms with Crippen molar-refractivity contribution in [2.75, 3.05) is 25.5 Å².